The van der Waals surface area contributed by atoms with Gasteiger partial charge in [-0.3, -0.25) is 24.8 Å². The largest absolute Gasteiger partial charge is 0.394 e. The predicted octanol–water partition coefficient (Wildman–Crippen LogP) is 0.520. The molecule has 3 aromatic rings. The van der Waals surface area contributed by atoms with Gasteiger partial charge in [0.05, 0.1) is 22.8 Å². The van der Waals surface area contributed by atoms with Gasteiger partial charge in [0.1, 0.15) is 24.6 Å². The topological polar surface area (TPSA) is 212 Å². The van der Waals surface area contributed by atoms with Crippen LogP contribution < -0.4 is 5.32 Å². The van der Waals surface area contributed by atoms with E-state index in [1.807, 2.05) is 0 Å². The highest BCUT2D eigenvalue weighted by atomic mass is 35.5. The maximum Gasteiger partial charge on any atom is 0.295 e. The van der Waals surface area contributed by atoms with Gasteiger partial charge in [0.15, 0.2) is 28.2 Å². The minimum absolute atomic E-state index is 0.0916. The number of aromatic nitrogens is 4. The lowest BCUT2D eigenvalue weighted by atomic mass is 10.1. The van der Waals surface area contributed by atoms with E-state index < -0.39 is 57.4 Å². The van der Waals surface area contributed by atoms with Gasteiger partial charge in [0.25, 0.3) is 11.4 Å². The summed E-state index contributed by atoms with van der Waals surface area (Å²) in [6, 6.07) is 2.22. The highest BCUT2D eigenvalue weighted by Gasteiger charge is 2.44. The molecule has 174 valence electrons. The molecule has 1 aliphatic heterocycles. The first-order valence-corrected chi connectivity index (χ1v) is 9.75. The number of nitro benzene ring substituents is 2. The minimum atomic E-state index is -1.35. The molecular weight excluding hydrogens is 466 g/mol. The number of imidazole rings is 1. The summed E-state index contributed by atoms with van der Waals surface area (Å²) < 4.78 is 6.86. The maximum absolute atomic E-state index is 11.2. The number of hydrogen-bond donors (Lipinski definition) is 4. The molecule has 0 bridgehead atoms. The number of hydrogen-bond acceptors (Lipinski definition) is 12. The van der Waals surface area contributed by atoms with Crippen molar-refractivity contribution in [3.8, 4) is 0 Å². The third-order valence-corrected chi connectivity index (χ3v) is 5.48. The zero-order chi connectivity index (χ0) is 23.9. The molecule has 4 rings (SSSR count). The summed E-state index contributed by atoms with van der Waals surface area (Å²) in [7, 11) is 0. The molecule has 0 radical (unpaired) electrons. The summed E-state index contributed by atoms with van der Waals surface area (Å²) in [6.07, 6.45) is -2.21. The SMILES string of the molecule is O=[N+]([O-])c1cc(CNc2ncnc3c2ncn3[C@@H]2O[C@H](CO)[C@@H](O)[C@H]2O)cc([N+](=O)[O-])c1Cl. The molecule has 0 unspecified atom stereocenters. The second-order valence-corrected chi connectivity index (χ2v) is 7.47. The molecule has 0 aliphatic carbocycles. The van der Waals surface area contributed by atoms with Crippen LogP contribution in [0.15, 0.2) is 24.8 Å². The Bertz CT molecular complexity index is 1200. The number of ether oxygens (including phenoxy) is 1. The molecule has 2 aromatic heterocycles. The number of rotatable bonds is 7. The molecule has 4 N–H and O–H groups in total. The highest BCUT2D eigenvalue weighted by molar-refractivity contribution is 6.34. The predicted molar refractivity (Wildman–Crippen MR) is 110 cm³/mol. The Morgan fingerprint density at radius 1 is 1.12 bits per heavy atom. The fraction of sp³-hybridized carbons (Fsp3) is 0.353. The molecule has 3 heterocycles. The number of fused-ring (bicyclic) bond motifs is 1. The third kappa shape index (κ3) is 4.03. The van der Waals surface area contributed by atoms with Crippen LogP contribution in [0, 0.1) is 20.2 Å². The van der Waals surface area contributed by atoms with E-state index >= 15 is 0 Å². The van der Waals surface area contributed by atoms with E-state index in [-0.39, 0.29) is 29.1 Å². The minimum Gasteiger partial charge on any atom is -0.394 e. The van der Waals surface area contributed by atoms with E-state index in [1.54, 1.807) is 0 Å². The zero-order valence-corrected chi connectivity index (χ0v) is 17.2. The number of nitrogens with zero attached hydrogens (tertiary/aromatic N) is 6. The Morgan fingerprint density at radius 2 is 1.79 bits per heavy atom. The van der Waals surface area contributed by atoms with Crippen LogP contribution in [-0.2, 0) is 11.3 Å². The first-order chi connectivity index (χ1) is 15.7. The maximum atomic E-state index is 11.2. The molecule has 1 saturated heterocycles. The average molecular weight is 482 g/mol. The van der Waals surface area contributed by atoms with Crippen molar-refractivity contribution in [2.75, 3.05) is 11.9 Å². The van der Waals surface area contributed by atoms with Crippen LogP contribution in [0.25, 0.3) is 11.2 Å². The van der Waals surface area contributed by atoms with Crippen LogP contribution in [0.4, 0.5) is 17.2 Å². The van der Waals surface area contributed by atoms with Gasteiger partial charge in [-0.15, -0.1) is 0 Å². The van der Waals surface area contributed by atoms with Crippen molar-refractivity contribution in [3.63, 3.8) is 0 Å². The standard InChI is InChI=1S/C17H16ClN7O8/c18-11-8(24(29)30)1-7(2-9(11)25(31)32)3-19-15-12-16(21-5-20-15)23(6-22-12)17-14(28)13(27)10(4-26)33-17/h1-2,5-6,10,13-14,17,26-28H,3-4H2,(H,19,20,21)/t10-,13-,14-,17-/m1/s1. The van der Waals surface area contributed by atoms with Gasteiger partial charge >= 0.3 is 0 Å². The molecule has 33 heavy (non-hydrogen) atoms. The molecule has 15 nitrogen and oxygen atoms in total. The second-order valence-electron chi connectivity index (χ2n) is 7.09. The van der Waals surface area contributed by atoms with Crippen molar-refractivity contribution in [1.82, 2.24) is 19.5 Å². The van der Waals surface area contributed by atoms with Crippen molar-refractivity contribution in [2.45, 2.75) is 31.1 Å². The van der Waals surface area contributed by atoms with Gasteiger partial charge in [-0.25, -0.2) is 15.0 Å². The summed E-state index contributed by atoms with van der Waals surface area (Å²) >= 11 is 5.77. The van der Waals surface area contributed by atoms with Gasteiger partial charge in [-0.2, -0.15) is 0 Å². The summed E-state index contributed by atoms with van der Waals surface area (Å²) in [4.78, 5) is 33.2. The lowest BCUT2D eigenvalue weighted by molar-refractivity contribution is -0.394. The van der Waals surface area contributed by atoms with Crippen LogP contribution in [-0.4, -0.2) is 69.6 Å². The van der Waals surface area contributed by atoms with Crippen LogP contribution >= 0.6 is 11.6 Å². The summed E-state index contributed by atoms with van der Waals surface area (Å²) in [5.74, 6) is 0.200. The number of nitrogens with one attached hydrogen (secondary N) is 1. The Labute approximate surface area is 188 Å². The molecule has 1 fully saturated rings. The summed E-state index contributed by atoms with van der Waals surface area (Å²) in [5.41, 5.74) is -0.538. The lowest BCUT2D eigenvalue weighted by Gasteiger charge is -2.16. The number of aliphatic hydroxyl groups excluding tert-OH is 3. The Hall–Kier alpha value is -3.50. The number of anilines is 1. The van der Waals surface area contributed by atoms with Crippen molar-refractivity contribution in [2.24, 2.45) is 0 Å². The summed E-state index contributed by atoms with van der Waals surface area (Å²) in [5, 5.41) is 54.2. The van der Waals surface area contributed by atoms with Crippen LogP contribution in [0.2, 0.25) is 5.02 Å². The first-order valence-electron chi connectivity index (χ1n) is 9.38. The van der Waals surface area contributed by atoms with E-state index in [2.05, 4.69) is 20.3 Å². The molecule has 0 spiro atoms. The fourth-order valence-electron chi connectivity index (χ4n) is 3.48. The van der Waals surface area contributed by atoms with E-state index in [0.29, 0.717) is 0 Å². The number of aliphatic hydroxyl groups is 3. The Balaban J connectivity index is 1.63. The smallest absolute Gasteiger partial charge is 0.295 e. The first kappa shape index (κ1) is 22.7. The van der Waals surface area contributed by atoms with Crippen LogP contribution in [0.3, 0.4) is 0 Å². The van der Waals surface area contributed by atoms with Gasteiger partial charge in [0.2, 0.25) is 0 Å². The van der Waals surface area contributed by atoms with Gasteiger partial charge in [-0.1, -0.05) is 11.6 Å². The van der Waals surface area contributed by atoms with Gasteiger partial charge in [-0.05, 0) is 5.56 Å². The number of halogens is 1. The molecular formula is C17H16ClN7O8. The zero-order valence-electron chi connectivity index (χ0n) is 16.5. The second kappa shape index (κ2) is 8.80. The van der Waals surface area contributed by atoms with Crippen LogP contribution in [0.1, 0.15) is 11.8 Å². The molecule has 1 aliphatic rings. The molecule has 16 heteroatoms. The molecule has 4 atom stereocenters. The lowest BCUT2D eigenvalue weighted by Crippen LogP contribution is -2.33. The average Bonchev–Trinajstić information content (AvgIpc) is 3.33. The monoisotopic (exact) mass is 481 g/mol. The van der Waals surface area contributed by atoms with E-state index in [4.69, 9.17) is 16.3 Å². The van der Waals surface area contributed by atoms with Gasteiger partial charge in [0, 0.05) is 18.7 Å². The van der Waals surface area contributed by atoms with E-state index in [9.17, 15) is 35.5 Å². The quantitative estimate of drug-likeness (QED) is 0.268. The summed E-state index contributed by atoms with van der Waals surface area (Å²) in [6.45, 7) is -0.589. The highest BCUT2D eigenvalue weighted by Crippen LogP contribution is 2.35. The third-order valence-electron chi connectivity index (χ3n) is 5.10. The number of nitro groups is 2. The van der Waals surface area contributed by atoms with Crippen molar-refractivity contribution in [1.29, 1.82) is 0 Å². The van der Waals surface area contributed by atoms with E-state index in [0.717, 1.165) is 12.1 Å². The number of benzene rings is 1. The van der Waals surface area contributed by atoms with Crippen molar-refractivity contribution < 1.29 is 29.9 Å². The molecule has 0 amide bonds. The van der Waals surface area contributed by atoms with Crippen LogP contribution in [0.5, 0.6) is 0 Å². The normalized spacial score (nSPS) is 22.5. The molecule has 0 saturated carbocycles. The Kier molecular flexibility index (Phi) is 6.05. The van der Waals surface area contributed by atoms with E-state index in [1.165, 1.54) is 17.2 Å². The van der Waals surface area contributed by atoms with Crippen molar-refractivity contribution >= 4 is 40.0 Å². The van der Waals surface area contributed by atoms with Crippen molar-refractivity contribution in [3.05, 3.63) is 55.6 Å². The Morgan fingerprint density at radius 3 is 2.36 bits per heavy atom. The van der Waals surface area contributed by atoms with Gasteiger partial charge < -0.3 is 25.4 Å². The fourth-order valence-corrected chi connectivity index (χ4v) is 3.73. The molecule has 1 aromatic carbocycles.